The van der Waals surface area contributed by atoms with Crippen LogP contribution in [0.3, 0.4) is 0 Å². The van der Waals surface area contributed by atoms with Crippen LogP contribution >= 0.6 is 0 Å². The predicted molar refractivity (Wildman–Crippen MR) is 96.3 cm³/mol. The minimum absolute atomic E-state index is 0.234. The van der Waals surface area contributed by atoms with Crippen LogP contribution in [-0.4, -0.2) is 39.7 Å². The molecule has 5 heteroatoms. The Morgan fingerprint density at radius 1 is 0.773 bits per heavy atom. The Labute approximate surface area is 136 Å². The van der Waals surface area contributed by atoms with Crippen LogP contribution < -0.4 is 10.4 Å². The quantitative estimate of drug-likeness (QED) is 0.601. The fourth-order valence-electron chi connectivity index (χ4n) is 1.85. The van der Waals surface area contributed by atoms with Crippen molar-refractivity contribution in [3.8, 4) is 12.0 Å². The summed E-state index contributed by atoms with van der Waals surface area (Å²) in [4.78, 5) is 0. The fraction of sp³-hybridized carbons (Fsp3) is 0.176. The van der Waals surface area contributed by atoms with Crippen molar-refractivity contribution in [1.29, 1.82) is 0 Å². The molecule has 0 saturated heterocycles. The first-order valence-electron chi connectivity index (χ1n) is 6.90. The summed E-state index contributed by atoms with van der Waals surface area (Å²) >= 11 is 0. The van der Waals surface area contributed by atoms with Gasteiger partial charge in [-0.25, -0.2) is 0 Å². The molecule has 0 unspecified atom stereocenters. The third kappa shape index (κ3) is 5.97. The van der Waals surface area contributed by atoms with Crippen LogP contribution in [0, 0.1) is 12.0 Å². The molecule has 22 heavy (non-hydrogen) atoms. The van der Waals surface area contributed by atoms with Crippen LogP contribution in [0.4, 0.5) is 0 Å². The second-order valence-electron chi connectivity index (χ2n) is 4.46. The summed E-state index contributed by atoms with van der Waals surface area (Å²) in [6.07, 6.45) is 5.08. The second kappa shape index (κ2) is 10.1. The molecule has 0 amide bonds. The van der Waals surface area contributed by atoms with E-state index < -0.39 is 8.80 Å². The van der Waals surface area contributed by atoms with Crippen LogP contribution in [0.2, 0.25) is 0 Å². The molecule has 0 fully saturated rings. The molecule has 0 saturated carbocycles. The van der Waals surface area contributed by atoms with Gasteiger partial charge in [-0.2, -0.15) is 0 Å². The highest BCUT2D eigenvalue weighted by Crippen LogP contribution is 2.01. The molecule has 0 bridgehead atoms. The average molecular weight is 331 g/mol. The molecule has 0 spiro atoms. The summed E-state index contributed by atoms with van der Waals surface area (Å²) in [5.74, 6) is 0. The smallest absolute Gasteiger partial charge is 0.367 e. The minimum atomic E-state index is -2.66. The average Bonchev–Trinajstić information content (AvgIpc) is 2.60. The molecule has 0 N–H and O–H groups in total. The van der Waals surface area contributed by atoms with Gasteiger partial charge < -0.3 is 13.3 Å². The van der Waals surface area contributed by atoms with Crippen molar-refractivity contribution in [2.24, 2.45) is 0 Å². The maximum absolute atomic E-state index is 5.08. The molecule has 3 nitrogen and oxygen atoms in total. The van der Waals surface area contributed by atoms with Gasteiger partial charge in [0.05, 0.1) is 9.52 Å². The van der Waals surface area contributed by atoms with Crippen molar-refractivity contribution in [3.05, 3.63) is 60.7 Å². The highest BCUT2D eigenvalue weighted by Gasteiger charge is 2.35. The van der Waals surface area contributed by atoms with Gasteiger partial charge in [-0.1, -0.05) is 71.0 Å². The van der Waals surface area contributed by atoms with E-state index in [1.54, 1.807) is 0 Å². The number of rotatable bonds is 5. The highest BCUT2D eigenvalue weighted by atomic mass is 28.4. The first-order chi connectivity index (χ1) is 10.7. The van der Waals surface area contributed by atoms with Crippen molar-refractivity contribution in [2.75, 3.05) is 21.3 Å². The van der Waals surface area contributed by atoms with Gasteiger partial charge in [0.15, 0.2) is 0 Å². The molecule has 2 rings (SSSR count). The SMILES string of the molecule is C#C[Si](OC)(OC)OC.c1ccc([SiH2]c2ccccc2)cc1. The third-order valence-electron chi connectivity index (χ3n) is 3.08. The van der Waals surface area contributed by atoms with E-state index in [-0.39, 0.29) is 9.52 Å². The molecule has 0 aromatic heterocycles. The van der Waals surface area contributed by atoms with E-state index in [2.05, 4.69) is 66.2 Å². The van der Waals surface area contributed by atoms with Gasteiger partial charge in [-0.15, -0.1) is 6.42 Å². The lowest BCUT2D eigenvalue weighted by Crippen LogP contribution is -2.41. The van der Waals surface area contributed by atoms with Crippen molar-refractivity contribution >= 4 is 28.7 Å². The third-order valence-corrected chi connectivity index (χ3v) is 6.80. The fourth-order valence-corrected chi connectivity index (χ4v) is 4.19. The summed E-state index contributed by atoms with van der Waals surface area (Å²) in [5.41, 5.74) is 2.34. The van der Waals surface area contributed by atoms with Crippen LogP contribution in [0.5, 0.6) is 0 Å². The summed E-state index contributed by atoms with van der Waals surface area (Å²) in [6, 6.07) is 21.5. The van der Waals surface area contributed by atoms with E-state index in [0.29, 0.717) is 0 Å². The van der Waals surface area contributed by atoms with Crippen molar-refractivity contribution in [1.82, 2.24) is 0 Å². The lowest BCUT2D eigenvalue weighted by Gasteiger charge is -2.16. The zero-order valence-corrected chi connectivity index (χ0v) is 15.7. The molecule has 0 atom stereocenters. The monoisotopic (exact) mass is 330 g/mol. The summed E-state index contributed by atoms with van der Waals surface area (Å²) in [7, 11) is 1.52. The largest absolute Gasteiger partial charge is 0.590 e. The molecular weight excluding hydrogens is 308 g/mol. The van der Waals surface area contributed by atoms with Gasteiger partial charge in [0.1, 0.15) is 0 Å². The van der Waals surface area contributed by atoms with E-state index in [4.69, 9.17) is 19.7 Å². The Balaban J connectivity index is 0.000000239. The molecule has 116 valence electrons. The molecule has 0 aliphatic carbocycles. The molecule has 2 aromatic rings. The van der Waals surface area contributed by atoms with E-state index in [0.717, 1.165) is 0 Å². The van der Waals surface area contributed by atoms with Gasteiger partial charge in [-0.05, 0) is 5.54 Å². The summed E-state index contributed by atoms with van der Waals surface area (Å²) < 4.78 is 14.5. The maximum atomic E-state index is 5.08. The van der Waals surface area contributed by atoms with Gasteiger partial charge in [0, 0.05) is 21.3 Å². The lowest BCUT2D eigenvalue weighted by molar-refractivity contribution is 0.142. The molecule has 0 heterocycles. The molecule has 0 aliphatic heterocycles. The first-order valence-corrected chi connectivity index (χ1v) is 10.0. The Kier molecular flexibility index (Phi) is 8.44. The Hall–Kier alpha value is -1.69. The normalized spacial score (nSPS) is 10.3. The summed E-state index contributed by atoms with van der Waals surface area (Å²) in [6.45, 7) is 0. The first kappa shape index (κ1) is 18.4. The Morgan fingerprint density at radius 2 is 1.14 bits per heavy atom. The molecule has 0 aliphatic rings. The predicted octanol–water partition coefficient (Wildman–Crippen LogP) is 0.843. The number of terminal acetylenes is 1. The van der Waals surface area contributed by atoms with Crippen molar-refractivity contribution in [3.63, 3.8) is 0 Å². The van der Waals surface area contributed by atoms with Gasteiger partial charge in [0.25, 0.3) is 0 Å². The lowest BCUT2D eigenvalue weighted by atomic mass is 10.4. The molecule has 2 aromatic carbocycles. The topological polar surface area (TPSA) is 27.7 Å². The number of hydrogen-bond donors (Lipinski definition) is 0. The van der Waals surface area contributed by atoms with E-state index in [1.165, 1.54) is 31.7 Å². The molecule has 0 radical (unpaired) electrons. The van der Waals surface area contributed by atoms with E-state index in [9.17, 15) is 0 Å². The molecular formula is C17H22O3Si2. The second-order valence-corrected chi connectivity index (χ2v) is 9.07. The number of hydrogen-bond acceptors (Lipinski definition) is 3. The van der Waals surface area contributed by atoms with Crippen LogP contribution in [0.1, 0.15) is 0 Å². The Morgan fingerprint density at radius 3 is 1.36 bits per heavy atom. The van der Waals surface area contributed by atoms with E-state index in [1.807, 2.05) is 0 Å². The standard InChI is InChI=1S/C12H12Si.C5H10O3Si/c1-3-7-11(8-4-1)13-12-9-5-2-6-10-12;1-5-9(6-2,7-3)8-4/h1-10H,13H2;1H,2-4H3. The van der Waals surface area contributed by atoms with Gasteiger partial charge >= 0.3 is 8.80 Å². The van der Waals surface area contributed by atoms with Gasteiger partial charge in [0.2, 0.25) is 0 Å². The van der Waals surface area contributed by atoms with Crippen LogP contribution in [0.25, 0.3) is 0 Å². The van der Waals surface area contributed by atoms with E-state index >= 15 is 0 Å². The highest BCUT2D eigenvalue weighted by molar-refractivity contribution is 6.69. The zero-order chi connectivity index (χ0) is 16.3. The van der Waals surface area contributed by atoms with Gasteiger partial charge in [-0.3, -0.25) is 0 Å². The number of benzene rings is 2. The van der Waals surface area contributed by atoms with Crippen molar-refractivity contribution < 1.29 is 13.3 Å². The van der Waals surface area contributed by atoms with Crippen LogP contribution in [0.15, 0.2) is 60.7 Å². The van der Waals surface area contributed by atoms with Crippen LogP contribution in [-0.2, 0) is 13.3 Å². The minimum Gasteiger partial charge on any atom is -0.367 e. The Bertz CT molecular complexity index is 518. The maximum Gasteiger partial charge on any atom is 0.590 e. The zero-order valence-electron chi connectivity index (χ0n) is 13.3. The summed E-state index contributed by atoms with van der Waals surface area (Å²) in [5, 5.41) is 3.02. The van der Waals surface area contributed by atoms with Crippen molar-refractivity contribution in [2.45, 2.75) is 0 Å².